The second-order valence-electron chi connectivity index (χ2n) is 6.99. The van der Waals surface area contributed by atoms with Gasteiger partial charge in [0.2, 0.25) is 26.6 Å². The molecule has 0 radical (unpaired) electrons. The van der Waals surface area contributed by atoms with Crippen molar-refractivity contribution in [3.63, 3.8) is 0 Å². The molecule has 0 spiro atoms. The van der Waals surface area contributed by atoms with E-state index in [9.17, 15) is 8.42 Å². The van der Waals surface area contributed by atoms with Crippen molar-refractivity contribution < 1.29 is 12.8 Å². The van der Waals surface area contributed by atoms with Gasteiger partial charge in [0.1, 0.15) is 0 Å². The minimum atomic E-state index is -3.82. The molecule has 0 aliphatic carbocycles. The first-order chi connectivity index (χ1) is 13.9. The number of nitrogens with zero attached hydrogens (tertiary/aromatic N) is 2. The number of oxazole rings is 1. The molecule has 1 saturated heterocycles. The first-order valence-electron chi connectivity index (χ1n) is 9.47. The average Bonchev–Trinajstić information content (AvgIpc) is 2.99. The first-order valence-corrected chi connectivity index (χ1v) is 12.5. The summed E-state index contributed by atoms with van der Waals surface area (Å²) in [4.78, 5) is 6.69. The molecular weight excluding hydrogens is 520 g/mol. The molecule has 2 heterocycles. The maximum Gasteiger partial charge on any atom is 0.236 e. The SMILES string of the molecule is O=S(=O)(c1ccc(Br)cc1)c1nc(-c2ccc(Br)cc2)oc1N1CCCCCC1. The summed E-state index contributed by atoms with van der Waals surface area (Å²) in [7, 11) is -3.82. The van der Waals surface area contributed by atoms with Crippen LogP contribution in [0.4, 0.5) is 5.88 Å². The number of sulfone groups is 1. The van der Waals surface area contributed by atoms with Gasteiger partial charge in [-0.3, -0.25) is 0 Å². The standard InChI is InChI=1S/C21H20Br2N2O3S/c22-16-7-5-15(6-8-16)19-24-20(21(28-19)25-13-3-1-2-4-14-25)29(26,27)18-11-9-17(23)10-12-18/h5-12H,1-4,13-14H2. The van der Waals surface area contributed by atoms with Crippen LogP contribution in [-0.2, 0) is 9.84 Å². The summed E-state index contributed by atoms with van der Waals surface area (Å²) in [5.74, 6) is 0.653. The fourth-order valence-corrected chi connectivity index (χ4v) is 5.24. The zero-order valence-electron chi connectivity index (χ0n) is 15.6. The Labute approximate surface area is 187 Å². The molecule has 1 fully saturated rings. The molecule has 0 saturated carbocycles. The van der Waals surface area contributed by atoms with Crippen molar-refractivity contribution in [1.82, 2.24) is 4.98 Å². The van der Waals surface area contributed by atoms with Crippen LogP contribution in [0.5, 0.6) is 0 Å². The molecule has 0 amide bonds. The molecule has 0 atom stereocenters. The van der Waals surface area contributed by atoms with E-state index in [4.69, 9.17) is 4.42 Å². The van der Waals surface area contributed by atoms with Crippen LogP contribution in [0.3, 0.4) is 0 Å². The molecule has 8 heteroatoms. The maximum atomic E-state index is 13.4. The lowest BCUT2D eigenvalue weighted by atomic mass is 10.2. The quantitative estimate of drug-likeness (QED) is 0.402. The monoisotopic (exact) mass is 538 g/mol. The number of benzene rings is 2. The third kappa shape index (κ3) is 4.44. The van der Waals surface area contributed by atoms with E-state index < -0.39 is 9.84 Å². The number of halogens is 2. The molecule has 1 aliphatic heterocycles. The number of hydrogen-bond acceptors (Lipinski definition) is 5. The molecule has 0 N–H and O–H groups in total. The minimum Gasteiger partial charge on any atom is -0.419 e. The van der Waals surface area contributed by atoms with Crippen molar-refractivity contribution in [3.05, 3.63) is 57.5 Å². The summed E-state index contributed by atoms with van der Waals surface area (Å²) in [5, 5.41) is -0.0142. The Morgan fingerprint density at radius 3 is 1.97 bits per heavy atom. The van der Waals surface area contributed by atoms with Gasteiger partial charge in [0.15, 0.2) is 0 Å². The largest absolute Gasteiger partial charge is 0.419 e. The van der Waals surface area contributed by atoms with Crippen molar-refractivity contribution in [2.75, 3.05) is 18.0 Å². The molecule has 1 aliphatic rings. The van der Waals surface area contributed by atoms with Crippen LogP contribution < -0.4 is 4.90 Å². The fourth-order valence-electron chi connectivity index (χ4n) is 3.39. The topological polar surface area (TPSA) is 63.4 Å². The Bertz CT molecular complexity index is 1090. The highest BCUT2D eigenvalue weighted by Gasteiger charge is 2.31. The Balaban J connectivity index is 1.83. The van der Waals surface area contributed by atoms with Crippen LogP contribution in [0.1, 0.15) is 25.7 Å². The maximum absolute atomic E-state index is 13.4. The highest BCUT2D eigenvalue weighted by molar-refractivity contribution is 9.10. The van der Waals surface area contributed by atoms with E-state index in [2.05, 4.69) is 36.8 Å². The molecule has 0 bridgehead atoms. The molecule has 5 nitrogen and oxygen atoms in total. The summed E-state index contributed by atoms with van der Waals surface area (Å²) < 4.78 is 34.7. The van der Waals surface area contributed by atoms with Gasteiger partial charge in [0, 0.05) is 27.6 Å². The predicted octanol–water partition coefficient (Wildman–Crippen LogP) is 6.08. The first kappa shape index (κ1) is 20.6. The van der Waals surface area contributed by atoms with Crippen molar-refractivity contribution in [2.24, 2.45) is 0 Å². The van der Waals surface area contributed by atoms with Gasteiger partial charge in [-0.1, -0.05) is 44.7 Å². The van der Waals surface area contributed by atoms with Crippen LogP contribution >= 0.6 is 31.9 Å². The van der Waals surface area contributed by atoms with Gasteiger partial charge >= 0.3 is 0 Å². The van der Waals surface area contributed by atoms with Crippen LogP contribution in [0.15, 0.2) is 71.8 Å². The average molecular weight is 540 g/mol. The van der Waals surface area contributed by atoms with E-state index in [1.54, 1.807) is 24.3 Å². The van der Waals surface area contributed by atoms with Crippen LogP contribution in [0.2, 0.25) is 0 Å². The van der Waals surface area contributed by atoms with E-state index >= 15 is 0 Å². The van der Waals surface area contributed by atoms with Crippen LogP contribution in [-0.4, -0.2) is 26.5 Å². The molecular formula is C21H20Br2N2O3S. The molecule has 3 aromatic rings. The Morgan fingerprint density at radius 2 is 1.38 bits per heavy atom. The van der Waals surface area contributed by atoms with Gasteiger partial charge in [-0.05, 0) is 61.4 Å². The third-order valence-electron chi connectivity index (χ3n) is 4.94. The van der Waals surface area contributed by atoms with Gasteiger partial charge in [0.05, 0.1) is 4.90 Å². The predicted molar refractivity (Wildman–Crippen MR) is 120 cm³/mol. The second kappa shape index (κ2) is 8.62. The Hall–Kier alpha value is -1.64. The van der Waals surface area contributed by atoms with Gasteiger partial charge in [-0.2, -0.15) is 4.98 Å². The van der Waals surface area contributed by atoms with E-state index in [0.29, 0.717) is 11.8 Å². The number of anilines is 1. The summed E-state index contributed by atoms with van der Waals surface area (Å²) >= 11 is 6.77. The lowest BCUT2D eigenvalue weighted by molar-refractivity contribution is 0.543. The number of hydrogen-bond donors (Lipinski definition) is 0. The molecule has 4 rings (SSSR count). The van der Waals surface area contributed by atoms with Crippen molar-refractivity contribution in [3.8, 4) is 11.5 Å². The number of aromatic nitrogens is 1. The molecule has 2 aromatic carbocycles. The minimum absolute atomic E-state index is 0.0142. The van der Waals surface area contributed by atoms with Gasteiger partial charge in [0.25, 0.3) is 0 Å². The van der Waals surface area contributed by atoms with Gasteiger partial charge in [-0.15, -0.1) is 0 Å². The van der Waals surface area contributed by atoms with E-state index in [-0.39, 0.29) is 9.92 Å². The normalized spacial score (nSPS) is 15.3. The van der Waals surface area contributed by atoms with Gasteiger partial charge < -0.3 is 9.32 Å². The summed E-state index contributed by atoms with van der Waals surface area (Å²) in [6, 6.07) is 14.1. The zero-order chi connectivity index (χ0) is 20.4. The van der Waals surface area contributed by atoms with Crippen LogP contribution in [0.25, 0.3) is 11.5 Å². The fraction of sp³-hybridized carbons (Fsp3) is 0.286. The molecule has 152 valence electrons. The van der Waals surface area contributed by atoms with E-state index in [1.807, 2.05) is 29.2 Å². The highest BCUT2D eigenvalue weighted by Crippen LogP contribution is 2.36. The van der Waals surface area contributed by atoms with Crippen molar-refractivity contribution in [2.45, 2.75) is 35.6 Å². The smallest absolute Gasteiger partial charge is 0.236 e. The lowest BCUT2D eigenvalue weighted by Gasteiger charge is -2.20. The second-order valence-corrected chi connectivity index (χ2v) is 10.7. The Kier molecular flexibility index (Phi) is 6.13. The van der Waals surface area contributed by atoms with Crippen LogP contribution in [0, 0.1) is 0 Å². The molecule has 1 aromatic heterocycles. The van der Waals surface area contributed by atoms with Crippen molar-refractivity contribution in [1.29, 1.82) is 0 Å². The van der Waals surface area contributed by atoms with Gasteiger partial charge in [-0.25, -0.2) is 8.42 Å². The van der Waals surface area contributed by atoms with Crippen molar-refractivity contribution >= 4 is 47.6 Å². The van der Waals surface area contributed by atoms with E-state index in [0.717, 1.165) is 53.3 Å². The summed E-state index contributed by atoms with van der Waals surface area (Å²) in [5.41, 5.74) is 0.738. The summed E-state index contributed by atoms with van der Waals surface area (Å²) in [6.45, 7) is 1.52. The third-order valence-corrected chi connectivity index (χ3v) is 7.67. The number of rotatable bonds is 4. The zero-order valence-corrected chi connectivity index (χ0v) is 19.6. The Morgan fingerprint density at radius 1 is 0.828 bits per heavy atom. The molecule has 0 unspecified atom stereocenters. The highest BCUT2D eigenvalue weighted by atomic mass is 79.9. The molecule has 29 heavy (non-hydrogen) atoms. The van der Waals surface area contributed by atoms with E-state index in [1.165, 1.54) is 0 Å². The lowest BCUT2D eigenvalue weighted by Crippen LogP contribution is -2.25. The summed E-state index contributed by atoms with van der Waals surface area (Å²) in [6.07, 6.45) is 4.29.